The van der Waals surface area contributed by atoms with Crippen molar-refractivity contribution >= 4 is 40.7 Å². The summed E-state index contributed by atoms with van der Waals surface area (Å²) >= 11 is 0. The van der Waals surface area contributed by atoms with E-state index in [-0.39, 0.29) is 50.5 Å². The Labute approximate surface area is 419 Å². The summed E-state index contributed by atoms with van der Waals surface area (Å²) in [6.45, 7) is 1.96. The lowest BCUT2D eigenvalue weighted by molar-refractivity contribution is -0.175. The van der Waals surface area contributed by atoms with Gasteiger partial charge in [0.1, 0.15) is 25.0 Å². The third kappa shape index (κ3) is 9.26. The second-order valence-electron chi connectivity index (χ2n) is 17.9. The number of cyclic esters (lactones) is 1. The number of esters is 1. The van der Waals surface area contributed by atoms with Gasteiger partial charge in [0.2, 0.25) is 18.3 Å². The number of methoxy groups -OCH3 is 1. The number of pyridine rings is 2. The molecule has 1 unspecified atom stereocenters. The quantitative estimate of drug-likeness (QED) is 0.0383. The minimum absolute atomic E-state index is 0.0604. The fourth-order valence-electron chi connectivity index (χ4n) is 9.95. The first-order valence-corrected chi connectivity index (χ1v) is 23.9. The van der Waals surface area contributed by atoms with Crippen molar-refractivity contribution in [2.45, 2.75) is 69.5 Å². The molecule has 0 spiro atoms. The molecule has 17 heteroatoms. The molecular weight excluding hydrogens is 935 g/mol. The predicted molar refractivity (Wildman–Crippen MR) is 267 cm³/mol. The van der Waals surface area contributed by atoms with E-state index in [9.17, 15) is 29.1 Å². The first-order valence-electron chi connectivity index (χ1n) is 23.9. The molecule has 73 heavy (non-hydrogen) atoms. The van der Waals surface area contributed by atoms with Crippen molar-refractivity contribution in [1.82, 2.24) is 20.2 Å². The van der Waals surface area contributed by atoms with Crippen LogP contribution in [0.4, 0.5) is 15.3 Å². The Morgan fingerprint density at radius 2 is 1.52 bits per heavy atom. The summed E-state index contributed by atoms with van der Waals surface area (Å²) in [5.41, 5.74) is 3.68. The lowest BCUT2D eigenvalue weighted by Gasteiger charge is -2.37. The maximum atomic E-state index is 14.0. The molecule has 0 saturated heterocycles. The summed E-state index contributed by atoms with van der Waals surface area (Å²) in [6, 6.07) is 40.8. The van der Waals surface area contributed by atoms with E-state index in [1.54, 1.807) is 55.0 Å². The monoisotopic (exact) mass is 985 g/mol. The van der Waals surface area contributed by atoms with E-state index < -0.39 is 46.9 Å². The maximum absolute atomic E-state index is 14.0. The Bertz CT molecular complexity index is 3250. The molecule has 2 aromatic heterocycles. The van der Waals surface area contributed by atoms with E-state index >= 15 is 0 Å². The third-order valence-corrected chi connectivity index (χ3v) is 13.7. The SMILES string of the molecule is CC[C@@]1(OC(=O)OCc2ccc(NC(=O)C(CCCCNC(c3ccccc3)(c3ccccc3)c3ccc(OC)cc3)NC(=O)O)cc2)C(=O)OCc2c1cc1n(c2=O)Cc2cc3cc4c(cc3nc2-1)OCO4. The van der Waals surface area contributed by atoms with Crippen molar-refractivity contribution in [3.05, 3.63) is 183 Å². The molecule has 4 N–H and O–H groups in total. The highest BCUT2D eigenvalue weighted by molar-refractivity contribution is 5.96. The van der Waals surface area contributed by atoms with Gasteiger partial charge in [0.15, 0.2) is 11.5 Å². The Morgan fingerprint density at radius 3 is 2.19 bits per heavy atom. The summed E-state index contributed by atoms with van der Waals surface area (Å²) in [7, 11) is 1.63. The molecule has 3 aliphatic heterocycles. The van der Waals surface area contributed by atoms with Gasteiger partial charge in [-0.15, -0.1) is 0 Å². The second-order valence-corrected chi connectivity index (χ2v) is 17.9. The fourth-order valence-corrected chi connectivity index (χ4v) is 9.95. The average Bonchev–Trinajstić information content (AvgIpc) is 4.03. The van der Waals surface area contributed by atoms with Crippen LogP contribution in [0.15, 0.2) is 138 Å². The minimum Gasteiger partial charge on any atom is -0.497 e. The second kappa shape index (κ2) is 20.2. The van der Waals surface area contributed by atoms with Crippen LogP contribution in [0.1, 0.15) is 71.6 Å². The van der Waals surface area contributed by atoms with Crippen molar-refractivity contribution < 1.29 is 52.7 Å². The summed E-state index contributed by atoms with van der Waals surface area (Å²) in [4.78, 5) is 71.4. The van der Waals surface area contributed by atoms with Crippen molar-refractivity contribution in [1.29, 1.82) is 0 Å². The molecule has 0 fully saturated rings. The van der Waals surface area contributed by atoms with Crippen LogP contribution in [0.2, 0.25) is 0 Å². The zero-order valence-corrected chi connectivity index (χ0v) is 40.0. The molecule has 0 radical (unpaired) electrons. The first kappa shape index (κ1) is 48.0. The molecule has 0 bridgehead atoms. The van der Waals surface area contributed by atoms with E-state index in [1.165, 1.54) is 0 Å². The molecule has 372 valence electrons. The van der Waals surface area contributed by atoms with E-state index in [2.05, 4.69) is 40.2 Å². The molecule has 3 aliphatic rings. The van der Waals surface area contributed by atoms with E-state index in [1.807, 2.05) is 72.8 Å². The number of hydrogen-bond acceptors (Lipinski definition) is 13. The molecule has 0 aliphatic carbocycles. The Balaban J connectivity index is 0.773. The van der Waals surface area contributed by atoms with Crippen molar-refractivity contribution in [2.75, 3.05) is 25.8 Å². The van der Waals surface area contributed by atoms with Gasteiger partial charge in [-0.3, -0.25) is 14.9 Å². The Morgan fingerprint density at radius 1 is 0.836 bits per heavy atom. The largest absolute Gasteiger partial charge is 0.510 e. The van der Waals surface area contributed by atoms with Crippen LogP contribution in [-0.4, -0.2) is 65.3 Å². The topological polar surface area (TPSA) is 215 Å². The van der Waals surface area contributed by atoms with Crippen LogP contribution < -0.4 is 35.7 Å². The number of unbranched alkanes of at least 4 members (excludes halogenated alkanes) is 1. The van der Waals surface area contributed by atoms with E-state index in [0.29, 0.717) is 59.0 Å². The predicted octanol–water partition coefficient (Wildman–Crippen LogP) is 8.50. The summed E-state index contributed by atoms with van der Waals surface area (Å²) in [5.74, 6) is 0.521. The summed E-state index contributed by atoms with van der Waals surface area (Å²) in [6.07, 6.45) is -1.21. The lowest BCUT2D eigenvalue weighted by atomic mass is 9.77. The van der Waals surface area contributed by atoms with Crippen LogP contribution in [0.25, 0.3) is 22.3 Å². The van der Waals surface area contributed by atoms with Crippen LogP contribution in [0, 0.1) is 0 Å². The van der Waals surface area contributed by atoms with Crippen LogP contribution >= 0.6 is 0 Å². The molecule has 7 aromatic rings. The number of ether oxygens (including phenoxy) is 6. The zero-order valence-electron chi connectivity index (χ0n) is 40.0. The average molecular weight is 986 g/mol. The number of carboxylic acid groups (broad SMARTS) is 1. The van der Waals surface area contributed by atoms with Crippen molar-refractivity contribution in [2.24, 2.45) is 0 Å². The van der Waals surface area contributed by atoms with Crippen LogP contribution in [0.5, 0.6) is 17.2 Å². The number of fused-ring (bicyclic) bond motifs is 6. The van der Waals surface area contributed by atoms with Gasteiger partial charge in [-0.05, 0) is 96.9 Å². The van der Waals surface area contributed by atoms with Crippen LogP contribution in [-0.2, 0) is 54.7 Å². The molecule has 10 rings (SSSR count). The summed E-state index contributed by atoms with van der Waals surface area (Å²) < 4.78 is 34.9. The van der Waals surface area contributed by atoms with Gasteiger partial charge in [0.25, 0.3) is 5.56 Å². The fraction of sp³-hybridized carbons (Fsp3) is 0.250. The molecule has 2 atom stereocenters. The highest BCUT2D eigenvalue weighted by Gasteiger charge is 2.51. The Kier molecular flexibility index (Phi) is 13.3. The smallest absolute Gasteiger partial charge is 0.497 e. The molecule has 17 nitrogen and oxygen atoms in total. The first-order chi connectivity index (χ1) is 35.5. The molecular formula is C56H51N5O12. The molecule has 2 amide bonds. The number of aromatic nitrogens is 2. The van der Waals surface area contributed by atoms with Gasteiger partial charge >= 0.3 is 18.2 Å². The number of benzene rings is 5. The van der Waals surface area contributed by atoms with Gasteiger partial charge in [-0.2, -0.15) is 0 Å². The highest BCUT2D eigenvalue weighted by atomic mass is 16.7. The lowest BCUT2D eigenvalue weighted by Crippen LogP contribution is -2.47. The number of hydrogen-bond donors (Lipinski definition) is 4. The van der Waals surface area contributed by atoms with Gasteiger partial charge in [0.05, 0.1) is 41.7 Å². The number of rotatable bonds is 17. The van der Waals surface area contributed by atoms with E-state index in [0.717, 1.165) is 33.4 Å². The molecule has 5 aromatic carbocycles. The highest BCUT2D eigenvalue weighted by Crippen LogP contribution is 2.43. The van der Waals surface area contributed by atoms with Crippen molar-refractivity contribution in [3.63, 3.8) is 0 Å². The zero-order chi connectivity index (χ0) is 50.7. The number of carbonyl (C=O) groups excluding carboxylic acids is 3. The summed E-state index contributed by atoms with van der Waals surface area (Å²) in [5, 5.41) is 19.5. The minimum atomic E-state index is -1.98. The molecule has 5 heterocycles. The van der Waals surface area contributed by atoms with E-state index in [4.69, 9.17) is 33.4 Å². The van der Waals surface area contributed by atoms with Gasteiger partial charge in [0, 0.05) is 28.3 Å². The number of anilines is 1. The van der Waals surface area contributed by atoms with Crippen molar-refractivity contribution in [3.8, 4) is 28.6 Å². The van der Waals surface area contributed by atoms with Crippen LogP contribution in [0.3, 0.4) is 0 Å². The standard InChI is InChI=1S/C56H51N5O12/c1-3-55(43-28-46-49-36(30-61(46)51(63)42(43)32-69-52(55)64)26-35-27-47-48(72-33-71-47)29-45(35)59-49)73-54(67)70-31-34-17-21-40(22-18-34)58-50(62)44(60-53(65)66)16-10-11-25-57-56(37-12-6-4-7-13-37,38-14-8-5-9-15-38)39-19-23-41(68-2)24-20-39/h4-9,12-15,17-24,26-29,44,57,60H,3,10-11,16,25,30-33H2,1-2H3,(H,58,62)(H,65,66)/t44?,55-/m0/s1. The van der Waals surface area contributed by atoms with Gasteiger partial charge < -0.3 is 48.7 Å². The van der Waals surface area contributed by atoms with Gasteiger partial charge in [-0.25, -0.2) is 19.4 Å². The van der Waals surface area contributed by atoms with Gasteiger partial charge in [-0.1, -0.05) is 91.9 Å². The molecule has 0 saturated carbocycles. The number of carbonyl (C=O) groups is 4. The number of nitrogens with zero attached hydrogens (tertiary/aromatic N) is 2. The maximum Gasteiger partial charge on any atom is 0.510 e. The Hall–Kier alpha value is -8.70. The number of amides is 2. The number of nitrogens with one attached hydrogen (secondary N) is 3. The normalized spacial score (nSPS) is 15.6. The third-order valence-electron chi connectivity index (χ3n) is 13.7.